The van der Waals surface area contributed by atoms with Crippen LogP contribution in [0.5, 0.6) is 0 Å². The van der Waals surface area contributed by atoms with Crippen molar-refractivity contribution >= 4 is 18.0 Å². The number of aliphatic carboxylic acids is 1. The topological polar surface area (TPSA) is 105 Å². The van der Waals surface area contributed by atoms with E-state index in [0.717, 1.165) is 22.3 Å². The highest BCUT2D eigenvalue weighted by Gasteiger charge is 2.32. The number of allylic oxidation sites excluding steroid dienone is 1. The zero-order chi connectivity index (χ0) is 24.9. The summed E-state index contributed by atoms with van der Waals surface area (Å²) in [6.45, 7) is -0.0193. The quantitative estimate of drug-likeness (QED) is 0.490. The van der Waals surface area contributed by atoms with Crippen LogP contribution < -0.4 is 10.6 Å². The van der Waals surface area contributed by atoms with Gasteiger partial charge < -0.3 is 20.5 Å². The number of alkyl carbamates (subject to hydrolysis) is 1. The maximum absolute atomic E-state index is 13.1. The molecular weight excluding hydrogens is 458 g/mol. The molecule has 2 amide bonds. The van der Waals surface area contributed by atoms with Crippen LogP contribution in [0, 0.1) is 5.92 Å². The number of carbonyl (C=O) groups is 3. The van der Waals surface area contributed by atoms with Crippen molar-refractivity contribution in [1.29, 1.82) is 0 Å². The number of carbonyl (C=O) groups excluding carboxylic acids is 2. The Bertz CT molecular complexity index is 1090. The molecule has 3 N–H and O–H groups in total. The van der Waals surface area contributed by atoms with E-state index in [1.165, 1.54) is 0 Å². The molecule has 4 rings (SSSR count). The average molecular weight is 484 g/mol. The van der Waals surface area contributed by atoms with E-state index in [9.17, 15) is 28.3 Å². The van der Waals surface area contributed by atoms with E-state index >= 15 is 0 Å². The standard InChI is InChI=1S/C26H26F2N2O5/c27-23(28)13-22(24(31)29-16-7-5-6-15(12-16)25(32)33)30-26(34)35-14-21-19-10-3-1-8-17(19)18-9-2-4-11-20(18)21/h1-5,7-11,15-16,21-23H,6,12-14H2,(H,29,31)(H,30,34)(H,32,33). The number of carboxylic acids is 1. The van der Waals surface area contributed by atoms with Crippen LogP contribution in [0.4, 0.5) is 13.6 Å². The molecule has 0 saturated heterocycles. The number of carboxylic acid groups (broad SMARTS) is 1. The van der Waals surface area contributed by atoms with Crippen molar-refractivity contribution in [2.75, 3.05) is 6.61 Å². The van der Waals surface area contributed by atoms with Crippen LogP contribution in [0.15, 0.2) is 60.7 Å². The minimum absolute atomic E-state index is 0.0193. The van der Waals surface area contributed by atoms with Crippen molar-refractivity contribution in [1.82, 2.24) is 10.6 Å². The summed E-state index contributed by atoms with van der Waals surface area (Å²) < 4.78 is 31.7. The van der Waals surface area contributed by atoms with Gasteiger partial charge in [-0.3, -0.25) is 9.59 Å². The number of hydrogen-bond donors (Lipinski definition) is 3. The van der Waals surface area contributed by atoms with Crippen LogP contribution in [0.1, 0.15) is 36.3 Å². The molecule has 0 spiro atoms. The smallest absolute Gasteiger partial charge is 0.407 e. The number of amides is 2. The van der Waals surface area contributed by atoms with Gasteiger partial charge in [-0.05, 0) is 35.1 Å². The maximum atomic E-state index is 13.1. The number of ether oxygens (including phenoxy) is 1. The van der Waals surface area contributed by atoms with Crippen LogP contribution in [0.2, 0.25) is 0 Å². The van der Waals surface area contributed by atoms with E-state index in [1.807, 2.05) is 48.5 Å². The summed E-state index contributed by atoms with van der Waals surface area (Å²) in [6.07, 6.45) is -0.972. The third-order valence-electron chi connectivity index (χ3n) is 6.37. The number of rotatable bonds is 8. The summed E-state index contributed by atoms with van der Waals surface area (Å²) in [5.41, 5.74) is 4.10. The number of fused-ring (bicyclic) bond motifs is 3. The Kier molecular flexibility index (Phi) is 7.43. The lowest BCUT2D eigenvalue weighted by Gasteiger charge is -2.25. The first-order valence-electron chi connectivity index (χ1n) is 11.4. The first-order valence-corrected chi connectivity index (χ1v) is 11.4. The molecule has 0 heterocycles. The van der Waals surface area contributed by atoms with Gasteiger partial charge in [-0.25, -0.2) is 13.6 Å². The zero-order valence-corrected chi connectivity index (χ0v) is 18.8. The van der Waals surface area contributed by atoms with Crippen LogP contribution in [-0.4, -0.2) is 48.2 Å². The van der Waals surface area contributed by atoms with Gasteiger partial charge in [0.25, 0.3) is 0 Å². The predicted molar refractivity (Wildman–Crippen MR) is 124 cm³/mol. The second-order valence-corrected chi connectivity index (χ2v) is 8.70. The van der Waals surface area contributed by atoms with Crippen molar-refractivity contribution in [3.8, 4) is 11.1 Å². The van der Waals surface area contributed by atoms with E-state index < -0.39 is 48.8 Å². The lowest BCUT2D eigenvalue weighted by Crippen LogP contribution is -2.51. The molecule has 0 radical (unpaired) electrons. The summed E-state index contributed by atoms with van der Waals surface area (Å²) in [6, 6.07) is 13.4. The van der Waals surface area contributed by atoms with Crippen molar-refractivity contribution in [3.05, 3.63) is 71.8 Å². The fourth-order valence-corrected chi connectivity index (χ4v) is 4.67. The Balaban J connectivity index is 1.38. The Morgan fingerprint density at radius 3 is 2.26 bits per heavy atom. The molecule has 2 aliphatic rings. The van der Waals surface area contributed by atoms with Gasteiger partial charge in [-0.2, -0.15) is 0 Å². The molecule has 7 nitrogen and oxygen atoms in total. The second kappa shape index (κ2) is 10.7. The van der Waals surface area contributed by atoms with E-state index in [4.69, 9.17) is 4.74 Å². The molecule has 0 aromatic heterocycles. The van der Waals surface area contributed by atoms with Gasteiger partial charge in [0.2, 0.25) is 12.3 Å². The molecule has 3 unspecified atom stereocenters. The number of alkyl halides is 2. The first kappa shape index (κ1) is 24.4. The summed E-state index contributed by atoms with van der Waals surface area (Å²) >= 11 is 0. The number of nitrogens with one attached hydrogen (secondary N) is 2. The molecule has 184 valence electrons. The van der Waals surface area contributed by atoms with Gasteiger partial charge >= 0.3 is 12.1 Å². The van der Waals surface area contributed by atoms with Crippen LogP contribution in [-0.2, 0) is 14.3 Å². The van der Waals surface area contributed by atoms with Gasteiger partial charge in [-0.15, -0.1) is 0 Å². The minimum atomic E-state index is -2.84. The van der Waals surface area contributed by atoms with Crippen molar-refractivity contribution in [2.24, 2.45) is 5.92 Å². The molecule has 2 aliphatic carbocycles. The number of hydrogen-bond acceptors (Lipinski definition) is 4. The van der Waals surface area contributed by atoms with Gasteiger partial charge in [-0.1, -0.05) is 60.7 Å². The molecule has 0 saturated carbocycles. The Hall–Kier alpha value is -3.75. The second-order valence-electron chi connectivity index (χ2n) is 8.70. The fraction of sp³-hybridized carbons (Fsp3) is 0.346. The summed E-state index contributed by atoms with van der Waals surface area (Å²) in [7, 11) is 0. The van der Waals surface area contributed by atoms with E-state index in [0.29, 0.717) is 6.42 Å². The Morgan fingerprint density at radius 2 is 1.66 bits per heavy atom. The Morgan fingerprint density at radius 1 is 1.03 bits per heavy atom. The zero-order valence-electron chi connectivity index (χ0n) is 18.8. The monoisotopic (exact) mass is 484 g/mol. The highest BCUT2D eigenvalue weighted by molar-refractivity contribution is 5.86. The van der Waals surface area contributed by atoms with Gasteiger partial charge in [0.1, 0.15) is 12.6 Å². The molecule has 3 atom stereocenters. The number of benzene rings is 2. The highest BCUT2D eigenvalue weighted by atomic mass is 19.3. The summed E-state index contributed by atoms with van der Waals surface area (Å²) in [5.74, 6) is -2.70. The highest BCUT2D eigenvalue weighted by Crippen LogP contribution is 2.44. The summed E-state index contributed by atoms with van der Waals surface area (Å²) in [5, 5.41) is 14.0. The molecule has 0 aliphatic heterocycles. The third-order valence-corrected chi connectivity index (χ3v) is 6.37. The van der Waals surface area contributed by atoms with Crippen molar-refractivity contribution < 1.29 is 33.0 Å². The predicted octanol–water partition coefficient (Wildman–Crippen LogP) is 4.08. The van der Waals surface area contributed by atoms with Gasteiger partial charge in [0.05, 0.1) is 5.92 Å². The van der Waals surface area contributed by atoms with Gasteiger partial charge in [0, 0.05) is 18.4 Å². The molecule has 0 bridgehead atoms. The molecule has 9 heteroatoms. The molecule has 0 fully saturated rings. The lowest BCUT2D eigenvalue weighted by molar-refractivity contribution is -0.142. The molecule has 35 heavy (non-hydrogen) atoms. The normalized spacial score (nSPS) is 19.5. The average Bonchev–Trinajstić information content (AvgIpc) is 3.16. The maximum Gasteiger partial charge on any atom is 0.407 e. The van der Waals surface area contributed by atoms with E-state index in [2.05, 4.69) is 10.6 Å². The largest absolute Gasteiger partial charge is 0.481 e. The van der Waals surface area contributed by atoms with Crippen LogP contribution in [0.25, 0.3) is 11.1 Å². The van der Waals surface area contributed by atoms with E-state index in [1.54, 1.807) is 12.2 Å². The minimum Gasteiger partial charge on any atom is -0.481 e. The first-order chi connectivity index (χ1) is 16.8. The van der Waals surface area contributed by atoms with Crippen LogP contribution >= 0.6 is 0 Å². The number of halogens is 2. The van der Waals surface area contributed by atoms with Crippen molar-refractivity contribution in [3.63, 3.8) is 0 Å². The summed E-state index contributed by atoms with van der Waals surface area (Å²) in [4.78, 5) is 36.4. The van der Waals surface area contributed by atoms with Gasteiger partial charge in [0.15, 0.2) is 0 Å². The molecular formula is C26H26F2N2O5. The molecule has 2 aromatic carbocycles. The van der Waals surface area contributed by atoms with Crippen LogP contribution in [0.3, 0.4) is 0 Å². The Labute approximate surface area is 201 Å². The van der Waals surface area contributed by atoms with E-state index in [-0.39, 0.29) is 18.9 Å². The fourth-order valence-electron chi connectivity index (χ4n) is 4.67. The SMILES string of the molecule is O=C(NC(CC(F)F)C(=O)NC1C=CCC(C(=O)O)C1)OCC1c2ccccc2-c2ccccc21. The molecule has 2 aromatic rings. The van der Waals surface area contributed by atoms with Crippen molar-refractivity contribution in [2.45, 2.75) is 43.7 Å². The third kappa shape index (κ3) is 5.67. The lowest BCUT2D eigenvalue weighted by atomic mass is 9.91.